The first kappa shape index (κ1) is 27.2. The van der Waals surface area contributed by atoms with Crippen molar-refractivity contribution in [2.45, 2.75) is 44.2 Å². The number of aryl methyl sites for hydroxylation is 1. The highest BCUT2D eigenvalue weighted by Gasteiger charge is 2.39. The van der Waals surface area contributed by atoms with Gasteiger partial charge >= 0.3 is 11.9 Å². The normalized spacial score (nSPS) is 19.3. The maximum atomic E-state index is 13.6. The van der Waals surface area contributed by atoms with Crippen molar-refractivity contribution in [3.05, 3.63) is 63.1 Å². The van der Waals surface area contributed by atoms with Gasteiger partial charge in [-0.15, -0.1) is 0 Å². The minimum Gasteiger partial charge on any atom is -0.480 e. The number of hydrogen-bond acceptors (Lipinski definition) is 5. The minimum atomic E-state index is -1.11. The van der Waals surface area contributed by atoms with Crippen LogP contribution in [0, 0.1) is 0 Å². The van der Waals surface area contributed by atoms with E-state index >= 15 is 0 Å². The monoisotopic (exact) mass is 547 g/mol. The number of amides is 1. The van der Waals surface area contributed by atoms with Crippen molar-refractivity contribution < 1.29 is 24.6 Å². The van der Waals surface area contributed by atoms with E-state index in [2.05, 4.69) is 4.90 Å². The van der Waals surface area contributed by atoms with Gasteiger partial charge < -0.3 is 20.0 Å². The summed E-state index contributed by atoms with van der Waals surface area (Å²) in [5.41, 5.74) is 3.30. The van der Waals surface area contributed by atoms with Gasteiger partial charge in [-0.1, -0.05) is 35.3 Å². The summed E-state index contributed by atoms with van der Waals surface area (Å²) in [6.45, 7) is 1.07. The molecule has 0 bridgehead atoms. The SMILES string of the molecule is CN(C(=O)Cc1ccc(Cl)c(Cl)c1)[C@@H]1c2cc(N(CC(=O)O)CC(=O)O)ccc2CC[C@H]1N1CCCC1. The fourth-order valence-corrected chi connectivity index (χ4v) is 5.86. The van der Waals surface area contributed by atoms with Crippen molar-refractivity contribution in [1.82, 2.24) is 9.80 Å². The summed E-state index contributed by atoms with van der Waals surface area (Å²) in [5.74, 6) is -2.29. The van der Waals surface area contributed by atoms with Crippen molar-refractivity contribution in [1.29, 1.82) is 0 Å². The highest BCUT2D eigenvalue weighted by Crippen LogP contribution is 2.40. The number of halogens is 2. The van der Waals surface area contributed by atoms with Crippen molar-refractivity contribution in [2.75, 3.05) is 38.1 Å². The van der Waals surface area contributed by atoms with E-state index in [1.807, 2.05) is 19.2 Å². The number of carbonyl (C=O) groups is 3. The van der Waals surface area contributed by atoms with Crippen LogP contribution in [0.1, 0.15) is 42.0 Å². The molecule has 1 amide bonds. The Morgan fingerprint density at radius 3 is 2.27 bits per heavy atom. The zero-order valence-corrected chi connectivity index (χ0v) is 22.2. The van der Waals surface area contributed by atoms with E-state index < -0.39 is 25.0 Å². The maximum absolute atomic E-state index is 13.6. The second-order valence-corrected chi connectivity index (χ2v) is 10.6. The van der Waals surface area contributed by atoms with E-state index in [1.165, 1.54) is 4.90 Å². The smallest absolute Gasteiger partial charge is 0.323 e. The van der Waals surface area contributed by atoms with Gasteiger partial charge in [-0.3, -0.25) is 19.3 Å². The third kappa shape index (κ3) is 6.37. The number of likely N-dealkylation sites (tertiary alicyclic amines) is 1. The Bertz CT molecular complexity index is 1170. The topological polar surface area (TPSA) is 101 Å². The average molecular weight is 548 g/mol. The number of likely N-dealkylation sites (N-methyl/N-ethyl adjacent to an activating group) is 1. The molecular formula is C27H31Cl2N3O5. The fraction of sp³-hybridized carbons (Fsp3) is 0.444. The van der Waals surface area contributed by atoms with Gasteiger partial charge in [0.25, 0.3) is 0 Å². The van der Waals surface area contributed by atoms with Crippen LogP contribution in [0.25, 0.3) is 0 Å². The van der Waals surface area contributed by atoms with Crippen LogP contribution in [0.5, 0.6) is 0 Å². The Labute approximate surface area is 226 Å². The van der Waals surface area contributed by atoms with Crippen LogP contribution in [0.3, 0.4) is 0 Å². The zero-order valence-electron chi connectivity index (χ0n) is 20.7. The standard InChI is InChI=1S/C27H31Cl2N3O5/c1-30(24(33)13-17-4-8-21(28)22(29)12-17)27-20-14-19(32(15-25(34)35)16-26(36)37)7-5-18(20)6-9-23(27)31-10-2-3-11-31/h4-5,7-8,12,14,23,27H,2-3,6,9-11,13,15-16H2,1H3,(H,34,35)(H,36,37)/t23-,27-/m1/s1. The predicted octanol–water partition coefficient (Wildman–Crippen LogP) is 4.12. The molecule has 0 aromatic heterocycles. The van der Waals surface area contributed by atoms with E-state index in [1.54, 1.807) is 29.2 Å². The highest BCUT2D eigenvalue weighted by molar-refractivity contribution is 6.42. The summed E-state index contributed by atoms with van der Waals surface area (Å²) < 4.78 is 0. The molecule has 10 heteroatoms. The van der Waals surface area contributed by atoms with Crippen LogP contribution in [0.4, 0.5) is 5.69 Å². The van der Waals surface area contributed by atoms with Gasteiger partial charge in [0.15, 0.2) is 0 Å². The Morgan fingerprint density at radius 1 is 0.973 bits per heavy atom. The van der Waals surface area contributed by atoms with Crippen molar-refractivity contribution >= 4 is 46.7 Å². The molecule has 37 heavy (non-hydrogen) atoms. The third-order valence-electron chi connectivity index (χ3n) is 7.30. The number of carboxylic acids is 2. The number of aliphatic carboxylic acids is 2. The van der Waals surface area contributed by atoms with E-state index in [-0.39, 0.29) is 24.4 Å². The molecule has 0 saturated carbocycles. The molecule has 2 aromatic carbocycles. The van der Waals surface area contributed by atoms with E-state index in [0.717, 1.165) is 55.5 Å². The quantitative estimate of drug-likeness (QED) is 0.486. The molecule has 1 aliphatic carbocycles. The van der Waals surface area contributed by atoms with Crippen LogP contribution < -0.4 is 4.90 Å². The molecule has 0 radical (unpaired) electrons. The predicted molar refractivity (Wildman–Crippen MR) is 143 cm³/mol. The number of nitrogens with zero attached hydrogens (tertiary/aromatic N) is 3. The number of rotatable bonds is 9. The Kier molecular flexibility index (Phi) is 8.62. The van der Waals surface area contributed by atoms with Gasteiger partial charge in [-0.25, -0.2) is 0 Å². The first-order valence-electron chi connectivity index (χ1n) is 12.4. The van der Waals surface area contributed by atoms with Gasteiger partial charge in [-0.05, 0) is 79.7 Å². The van der Waals surface area contributed by atoms with Crippen molar-refractivity contribution in [2.24, 2.45) is 0 Å². The zero-order chi connectivity index (χ0) is 26.7. The number of carboxylic acid groups (broad SMARTS) is 2. The molecule has 1 saturated heterocycles. The summed E-state index contributed by atoms with van der Waals surface area (Å²) in [4.78, 5) is 42.0. The first-order chi connectivity index (χ1) is 17.6. The van der Waals surface area contributed by atoms with Crippen molar-refractivity contribution in [3.63, 3.8) is 0 Å². The van der Waals surface area contributed by atoms with Crippen LogP contribution in [-0.4, -0.2) is 77.1 Å². The molecule has 0 spiro atoms. The molecule has 2 aromatic rings. The average Bonchev–Trinajstić information content (AvgIpc) is 3.38. The lowest BCUT2D eigenvalue weighted by Crippen LogP contribution is -2.48. The molecule has 4 rings (SSSR count). The molecule has 2 atom stereocenters. The van der Waals surface area contributed by atoms with Gasteiger partial charge in [-0.2, -0.15) is 0 Å². The lowest BCUT2D eigenvalue weighted by molar-refractivity contribution is -0.136. The summed E-state index contributed by atoms with van der Waals surface area (Å²) in [5, 5.41) is 19.5. The Morgan fingerprint density at radius 2 is 1.65 bits per heavy atom. The van der Waals surface area contributed by atoms with Gasteiger partial charge in [0.2, 0.25) is 5.91 Å². The number of carbonyl (C=O) groups excluding carboxylic acids is 1. The van der Waals surface area contributed by atoms with Gasteiger partial charge in [0.1, 0.15) is 13.1 Å². The van der Waals surface area contributed by atoms with Gasteiger partial charge in [0.05, 0.1) is 22.5 Å². The molecular weight excluding hydrogens is 517 g/mol. The fourth-order valence-electron chi connectivity index (χ4n) is 5.54. The van der Waals surface area contributed by atoms with E-state index in [0.29, 0.717) is 15.7 Å². The second-order valence-electron chi connectivity index (χ2n) is 9.75. The molecule has 198 valence electrons. The second kappa shape index (κ2) is 11.7. The Hall–Kier alpha value is -2.81. The lowest BCUT2D eigenvalue weighted by Gasteiger charge is -2.44. The molecule has 1 aliphatic heterocycles. The largest absolute Gasteiger partial charge is 0.480 e. The number of hydrogen-bond donors (Lipinski definition) is 2. The van der Waals surface area contributed by atoms with E-state index in [9.17, 15) is 24.6 Å². The highest BCUT2D eigenvalue weighted by atomic mass is 35.5. The number of benzene rings is 2. The first-order valence-corrected chi connectivity index (χ1v) is 13.1. The van der Waals surface area contributed by atoms with Crippen LogP contribution in [0.2, 0.25) is 10.0 Å². The molecule has 8 nitrogen and oxygen atoms in total. The maximum Gasteiger partial charge on any atom is 0.323 e. The molecule has 1 fully saturated rings. The summed E-state index contributed by atoms with van der Waals surface area (Å²) in [7, 11) is 1.81. The van der Waals surface area contributed by atoms with Gasteiger partial charge in [0, 0.05) is 18.8 Å². The van der Waals surface area contributed by atoms with Crippen molar-refractivity contribution in [3.8, 4) is 0 Å². The third-order valence-corrected chi connectivity index (χ3v) is 8.04. The summed E-state index contributed by atoms with van der Waals surface area (Å²) in [6, 6.07) is 10.6. The molecule has 2 aliphatic rings. The molecule has 2 N–H and O–H groups in total. The summed E-state index contributed by atoms with van der Waals surface area (Å²) in [6.07, 6.45) is 4.12. The van der Waals surface area contributed by atoms with E-state index in [4.69, 9.17) is 23.2 Å². The molecule has 0 unspecified atom stereocenters. The number of anilines is 1. The minimum absolute atomic E-state index is 0.0706. The Balaban J connectivity index is 1.69. The van der Waals surface area contributed by atoms with Crippen LogP contribution >= 0.6 is 23.2 Å². The van der Waals surface area contributed by atoms with Crippen LogP contribution in [0.15, 0.2) is 36.4 Å². The summed E-state index contributed by atoms with van der Waals surface area (Å²) >= 11 is 12.2. The van der Waals surface area contributed by atoms with Crippen LogP contribution in [-0.2, 0) is 27.2 Å². The lowest BCUT2D eigenvalue weighted by atomic mass is 9.82. The molecule has 1 heterocycles. The number of fused-ring (bicyclic) bond motifs is 1.